The van der Waals surface area contributed by atoms with E-state index >= 15 is 0 Å². The molecule has 7 heteroatoms. The van der Waals surface area contributed by atoms with Crippen molar-refractivity contribution >= 4 is 30.7 Å². The molecule has 2 bridgehead atoms. The average molecular weight is 444 g/mol. The van der Waals surface area contributed by atoms with Crippen LogP contribution in [0.3, 0.4) is 0 Å². The Morgan fingerprint density at radius 2 is 1.76 bits per heavy atom. The molecule has 2 aliphatic carbocycles. The second-order valence-electron chi connectivity index (χ2n) is 8.75. The zero-order valence-electron chi connectivity index (χ0n) is 17.2. The zero-order valence-corrected chi connectivity index (χ0v) is 18.9. The summed E-state index contributed by atoms with van der Waals surface area (Å²) in [5.41, 5.74) is 7.63. The first-order valence-corrected chi connectivity index (χ1v) is 10.5. The number of nitrogens with zero attached hydrogens (tertiary/aromatic N) is 1. The molecule has 164 valence electrons. The minimum Gasteiger partial charge on any atom is -0.497 e. The van der Waals surface area contributed by atoms with Gasteiger partial charge in [0.1, 0.15) is 5.75 Å². The van der Waals surface area contributed by atoms with E-state index < -0.39 is 0 Å². The Labute approximate surface area is 186 Å². The third-order valence-electron chi connectivity index (χ3n) is 7.12. The summed E-state index contributed by atoms with van der Waals surface area (Å²) in [4.78, 5) is 15.1. The van der Waals surface area contributed by atoms with Gasteiger partial charge in [-0.1, -0.05) is 12.1 Å². The number of carbonyl (C=O) groups is 1. The summed E-state index contributed by atoms with van der Waals surface area (Å²) in [5, 5.41) is 3.24. The molecule has 29 heavy (non-hydrogen) atoms. The largest absolute Gasteiger partial charge is 0.497 e. The number of carbonyl (C=O) groups excluding carboxylic acids is 1. The van der Waals surface area contributed by atoms with E-state index in [1.165, 1.54) is 24.8 Å². The molecule has 4 rings (SSSR count). The molecule has 1 amide bonds. The fraction of sp³-hybridized carbons (Fsp3) is 0.682. The standard InChI is InChI=1S/C22H33N3O2.2ClH/c1-27-19-6-2-16(3-7-19)14-25-10-8-15(9-11-25)13-24-22(26)20-17-4-5-18(12-17)21(20)23;;/h2-3,6-7,15,17-18,20-21H,4-5,8-14,23H2,1H3,(H,24,26);2*1H. The number of rotatable bonds is 6. The Kier molecular flexibility index (Phi) is 9.08. The van der Waals surface area contributed by atoms with E-state index in [9.17, 15) is 4.79 Å². The number of amides is 1. The van der Waals surface area contributed by atoms with Gasteiger partial charge < -0.3 is 15.8 Å². The minimum absolute atomic E-state index is 0. The normalized spacial score (nSPS) is 29.0. The van der Waals surface area contributed by atoms with Crippen LogP contribution in [-0.2, 0) is 11.3 Å². The number of methoxy groups -OCH3 is 1. The first kappa shape index (κ1) is 24.3. The fourth-order valence-electron chi connectivity index (χ4n) is 5.43. The Morgan fingerprint density at radius 3 is 2.34 bits per heavy atom. The number of piperidine rings is 1. The average Bonchev–Trinajstić information content (AvgIpc) is 3.29. The maximum absolute atomic E-state index is 12.6. The van der Waals surface area contributed by atoms with Crippen molar-refractivity contribution in [2.24, 2.45) is 29.4 Å². The summed E-state index contributed by atoms with van der Waals surface area (Å²) in [6.45, 7) is 4.00. The number of benzene rings is 1. The first-order chi connectivity index (χ1) is 13.1. The number of hydrogen-bond donors (Lipinski definition) is 2. The Morgan fingerprint density at radius 1 is 1.10 bits per heavy atom. The van der Waals surface area contributed by atoms with Crippen molar-refractivity contribution in [3.63, 3.8) is 0 Å². The summed E-state index contributed by atoms with van der Waals surface area (Å²) < 4.78 is 5.22. The number of nitrogens with two attached hydrogens (primary N) is 1. The van der Waals surface area contributed by atoms with Crippen molar-refractivity contribution in [3.05, 3.63) is 29.8 Å². The predicted molar refractivity (Wildman–Crippen MR) is 121 cm³/mol. The summed E-state index contributed by atoms with van der Waals surface area (Å²) in [7, 11) is 1.70. The summed E-state index contributed by atoms with van der Waals surface area (Å²) >= 11 is 0. The lowest BCUT2D eigenvalue weighted by Gasteiger charge is -2.33. The molecule has 3 aliphatic rings. The maximum Gasteiger partial charge on any atom is 0.224 e. The molecule has 1 aromatic carbocycles. The molecule has 1 saturated heterocycles. The summed E-state index contributed by atoms with van der Waals surface area (Å²) in [6.07, 6.45) is 5.89. The van der Waals surface area contributed by atoms with Crippen molar-refractivity contribution in [1.82, 2.24) is 10.2 Å². The Balaban J connectivity index is 0.00000150. The van der Waals surface area contributed by atoms with Gasteiger partial charge in [0.15, 0.2) is 0 Å². The smallest absolute Gasteiger partial charge is 0.224 e. The lowest BCUT2D eigenvalue weighted by atomic mass is 9.84. The molecule has 0 spiro atoms. The fourth-order valence-corrected chi connectivity index (χ4v) is 5.43. The number of nitrogens with one attached hydrogen (secondary N) is 1. The zero-order chi connectivity index (χ0) is 18.8. The molecule has 3 N–H and O–H groups in total. The van der Waals surface area contributed by atoms with Gasteiger partial charge in [-0.2, -0.15) is 0 Å². The van der Waals surface area contributed by atoms with Crippen LogP contribution in [0.1, 0.15) is 37.7 Å². The van der Waals surface area contributed by atoms with Gasteiger partial charge in [0.25, 0.3) is 0 Å². The molecule has 5 nitrogen and oxygen atoms in total. The molecule has 1 aromatic rings. The summed E-state index contributed by atoms with van der Waals surface area (Å²) in [6, 6.07) is 8.43. The lowest BCUT2D eigenvalue weighted by molar-refractivity contribution is -0.127. The van der Waals surface area contributed by atoms with E-state index in [1.54, 1.807) is 7.11 Å². The predicted octanol–water partition coefficient (Wildman–Crippen LogP) is 3.24. The van der Waals surface area contributed by atoms with Gasteiger partial charge in [0.2, 0.25) is 5.91 Å². The van der Waals surface area contributed by atoms with Gasteiger partial charge in [-0.25, -0.2) is 0 Å². The Hall–Kier alpha value is -1.01. The van der Waals surface area contributed by atoms with Gasteiger partial charge in [-0.15, -0.1) is 24.8 Å². The highest BCUT2D eigenvalue weighted by Gasteiger charge is 2.49. The van der Waals surface area contributed by atoms with Crippen LogP contribution in [0.15, 0.2) is 24.3 Å². The molecule has 4 unspecified atom stereocenters. The lowest BCUT2D eigenvalue weighted by Crippen LogP contribution is -2.47. The molecule has 4 atom stereocenters. The highest BCUT2D eigenvalue weighted by molar-refractivity contribution is 5.85. The van der Waals surface area contributed by atoms with Crippen LogP contribution >= 0.6 is 24.8 Å². The molecule has 1 heterocycles. The van der Waals surface area contributed by atoms with Gasteiger partial charge in [-0.3, -0.25) is 9.69 Å². The van der Waals surface area contributed by atoms with E-state index in [0.29, 0.717) is 17.8 Å². The highest BCUT2D eigenvalue weighted by Crippen LogP contribution is 2.47. The third kappa shape index (κ3) is 5.57. The Bertz CT molecular complexity index is 648. The van der Waals surface area contributed by atoms with Gasteiger partial charge >= 0.3 is 0 Å². The van der Waals surface area contributed by atoms with Crippen molar-refractivity contribution in [3.8, 4) is 5.75 Å². The van der Waals surface area contributed by atoms with Crippen LogP contribution in [0, 0.1) is 23.7 Å². The van der Waals surface area contributed by atoms with Crippen molar-refractivity contribution in [2.75, 3.05) is 26.7 Å². The SMILES string of the molecule is COc1ccc(CN2CCC(CNC(=O)C3C4CCC(C4)C3N)CC2)cc1.Cl.Cl. The number of fused-ring (bicyclic) bond motifs is 2. The first-order valence-electron chi connectivity index (χ1n) is 10.5. The van der Waals surface area contributed by atoms with E-state index in [4.69, 9.17) is 10.5 Å². The molecule has 0 aromatic heterocycles. The third-order valence-corrected chi connectivity index (χ3v) is 7.12. The number of likely N-dealkylation sites (tertiary alicyclic amines) is 1. The van der Waals surface area contributed by atoms with Crippen LogP contribution in [-0.4, -0.2) is 43.6 Å². The molecule has 2 saturated carbocycles. The number of ether oxygens (including phenoxy) is 1. The quantitative estimate of drug-likeness (QED) is 0.707. The van der Waals surface area contributed by atoms with Crippen LogP contribution < -0.4 is 15.8 Å². The van der Waals surface area contributed by atoms with E-state index in [1.807, 2.05) is 12.1 Å². The minimum atomic E-state index is 0. The van der Waals surface area contributed by atoms with Gasteiger partial charge in [-0.05, 0) is 80.6 Å². The van der Waals surface area contributed by atoms with Crippen LogP contribution in [0.5, 0.6) is 5.75 Å². The van der Waals surface area contributed by atoms with Crippen LogP contribution in [0.2, 0.25) is 0 Å². The second kappa shape index (κ2) is 10.9. The van der Waals surface area contributed by atoms with E-state index in [0.717, 1.165) is 44.8 Å². The monoisotopic (exact) mass is 443 g/mol. The maximum atomic E-state index is 12.6. The topological polar surface area (TPSA) is 67.6 Å². The molecule has 0 radical (unpaired) electrons. The molecule has 1 aliphatic heterocycles. The molecular weight excluding hydrogens is 409 g/mol. The van der Waals surface area contributed by atoms with Crippen molar-refractivity contribution in [1.29, 1.82) is 0 Å². The molecular formula is C22H35Cl2N3O2. The van der Waals surface area contributed by atoms with Crippen molar-refractivity contribution < 1.29 is 9.53 Å². The molecule has 3 fully saturated rings. The second-order valence-corrected chi connectivity index (χ2v) is 8.75. The van der Waals surface area contributed by atoms with E-state index in [-0.39, 0.29) is 42.7 Å². The highest BCUT2D eigenvalue weighted by atomic mass is 35.5. The van der Waals surface area contributed by atoms with Gasteiger partial charge in [0.05, 0.1) is 13.0 Å². The number of hydrogen-bond acceptors (Lipinski definition) is 4. The van der Waals surface area contributed by atoms with Crippen LogP contribution in [0.25, 0.3) is 0 Å². The van der Waals surface area contributed by atoms with Crippen molar-refractivity contribution in [2.45, 2.75) is 44.7 Å². The number of halogens is 2. The van der Waals surface area contributed by atoms with E-state index in [2.05, 4.69) is 22.3 Å². The summed E-state index contributed by atoms with van der Waals surface area (Å²) in [5.74, 6) is 2.91. The van der Waals surface area contributed by atoms with Gasteiger partial charge in [0, 0.05) is 19.1 Å². The van der Waals surface area contributed by atoms with Crippen LogP contribution in [0.4, 0.5) is 0 Å².